The van der Waals surface area contributed by atoms with Crippen molar-refractivity contribution < 1.29 is 13.5 Å². The van der Waals surface area contributed by atoms with Gasteiger partial charge in [0.05, 0.1) is 6.61 Å². The van der Waals surface area contributed by atoms with Gasteiger partial charge in [-0.05, 0) is 24.0 Å². The Bertz CT molecular complexity index is 424. The molecule has 0 aromatic heterocycles. The summed E-state index contributed by atoms with van der Waals surface area (Å²) in [5.74, 6) is -2.52. The highest BCUT2D eigenvalue weighted by Gasteiger charge is 2.43. The van der Waals surface area contributed by atoms with E-state index in [0.29, 0.717) is 26.0 Å². The predicted octanol–water partition coefficient (Wildman–Crippen LogP) is 3.24. The number of hydrogen-bond acceptors (Lipinski definition) is 2. The molecule has 0 unspecified atom stereocenters. The van der Waals surface area contributed by atoms with Crippen LogP contribution in [0.3, 0.4) is 0 Å². The van der Waals surface area contributed by atoms with Crippen LogP contribution in [-0.4, -0.2) is 19.6 Å². The number of rotatable bonds is 4. The van der Waals surface area contributed by atoms with Crippen LogP contribution in [0.4, 0.5) is 8.78 Å². The van der Waals surface area contributed by atoms with Crippen LogP contribution in [0.2, 0.25) is 0 Å². The molecule has 0 saturated heterocycles. The van der Waals surface area contributed by atoms with Crippen molar-refractivity contribution in [2.75, 3.05) is 13.7 Å². The van der Waals surface area contributed by atoms with Gasteiger partial charge in [0.15, 0.2) is 0 Å². The van der Waals surface area contributed by atoms with Crippen molar-refractivity contribution >= 4 is 0 Å². The van der Waals surface area contributed by atoms with E-state index >= 15 is 0 Å². The van der Waals surface area contributed by atoms with Gasteiger partial charge in [-0.3, -0.25) is 0 Å². The predicted molar refractivity (Wildman–Crippen MR) is 71.3 cm³/mol. The monoisotopic (exact) mass is 269 g/mol. The van der Waals surface area contributed by atoms with E-state index in [1.54, 1.807) is 7.11 Å². The van der Waals surface area contributed by atoms with Gasteiger partial charge in [0.1, 0.15) is 0 Å². The minimum atomic E-state index is -2.52. The summed E-state index contributed by atoms with van der Waals surface area (Å²) >= 11 is 0. The van der Waals surface area contributed by atoms with Crippen molar-refractivity contribution in [1.29, 1.82) is 0 Å². The fraction of sp³-hybridized carbons (Fsp3) is 0.600. The Labute approximate surface area is 112 Å². The first-order chi connectivity index (χ1) is 9.01. The number of nitrogens with two attached hydrogens (primary N) is 1. The van der Waals surface area contributed by atoms with Gasteiger partial charge in [-0.2, -0.15) is 0 Å². The molecular formula is C15H21F2NO. The zero-order valence-corrected chi connectivity index (χ0v) is 11.3. The molecule has 1 fully saturated rings. The highest BCUT2D eigenvalue weighted by atomic mass is 19.3. The summed E-state index contributed by atoms with van der Waals surface area (Å²) in [6, 6.07) is 7.97. The van der Waals surface area contributed by atoms with E-state index in [0.717, 1.165) is 11.1 Å². The van der Waals surface area contributed by atoms with E-state index in [4.69, 9.17) is 10.5 Å². The Hall–Kier alpha value is -1.00. The standard InChI is InChI=1S/C15H21F2NO/c1-19-10-12-3-2-4-13(9-12)14(11-18)5-7-15(16,17)8-6-14/h2-4,9H,5-8,10-11,18H2,1H3. The van der Waals surface area contributed by atoms with Crippen molar-refractivity contribution in [3.63, 3.8) is 0 Å². The maximum atomic E-state index is 13.3. The minimum Gasteiger partial charge on any atom is -0.380 e. The first-order valence-corrected chi connectivity index (χ1v) is 6.68. The van der Waals surface area contributed by atoms with E-state index in [2.05, 4.69) is 0 Å². The molecule has 1 saturated carbocycles. The van der Waals surface area contributed by atoms with Gasteiger partial charge < -0.3 is 10.5 Å². The molecule has 1 aromatic rings. The number of alkyl halides is 2. The molecule has 1 aliphatic carbocycles. The molecule has 2 rings (SSSR count). The highest BCUT2D eigenvalue weighted by Crippen LogP contribution is 2.44. The largest absolute Gasteiger partial charge is 0.380 e. The Kier molecular flexibility index (Phi) is 4.21. The lowest BCUT2D eigenvalue weighted by atomic mass is 9.68. The Balaban J connectivity index is 2.24. The molecule has 0 bridgehead atoms. The summed E-state index contributed by atoms with van der Waals surface area (Å²) in [6.07, 6.45) is 0.761. The first-order valence-electron chi connectivity index (χ1n) is 6.68. The molecule has 1 aliphatic rings. The van der Waals surface area contributed by atoms with Crippen molar-refractivity contribution in [3.05, 3.63) is 35.4 Å². The zero-order valence-electron chi connectivity index (χ0n) is 11.3. The van der Waals surface area contributed by atoms with Crippen molar-refractivity contribution in [2.24, 2.45) is 5.73 Å². The van der Waals surface area contributed by atoms with Crippen LogP contribution in [0.15, 0.2) is 24.3 Å². The SMILES string of the molecule is COCc1cccc(C2(CN)CCC(F)(F)CC2)c1. The average molecular weight is 269 g/mol. The fourth-order valence-corrected chi connectivity index (χ4v) is 2.86. The molecule has 106 valence electrons. The number of hydrogen-bond donors (Lipinski definition) is 1. The number of methoxy groups -OCH3 is 1. The summed E-state index contributed by atoms with van der Waals surface area (Å²) in [7, 11) is 1.65. The molecule has 4 heteroatoms. The third kappa shape index (κ3) is 3.12. The van der Waals surface area contributed by atoms with Crippen LogP contribution < -0.4 is 5.73 Å². The fourth-order valence-electron chi connectivity index (χ4n) is 2.86. The smallest absolute Gasteiger partial charge is 0.248 e. The number of benzene rings is 1. The van der Waals surface area contributed by atoms with Gasteiger partial charge in [0.2, 0.25) is 5.92 Å². The van der Waals surface area contributed by atoms with Crippen molar-refractivity contribution in [3.8, 4) is 0 Å². The van der Waals surface area contributed by atoms with E-state index in [-0.39, 0.29) is 18.3 Å². The molecular weight excluding hydrogens is 248 g/mol. The maximum absolute atomic E-state index is 13.3. The lowest BCUT2D eigenvalue weighted by molar-refractivity contribution is -0.0509. The summed E-state index contributed by atoms with van der Waals surface area (Å²) in [5, 5.41) is 0. The molecule has 0 spiro atoms. The van der Waals surface area contributed by atoms with Crippen LogP contribution in [0, 0.1) is 0 Å². The Morgan fingerprint density at radius 2 is 1.89 bits per heavy atom. The second-order valence-corrected chi connectivity index (χ2v) is 5.47. The topological polar surface area (TPSA) is 35.2 Å². The van der Waals surface area contributed by atoms with Crippen LogP contribution in [0.5, 0.6) is 0 Å². The minimum absolute atomic E-state index is 0.0707. The van der Waals surface area contributed by atoms with Crippen LogP contribution >= 0.6 is 0 Å². The third-order valence-electron chi connectivity index (χ3n) is 4.18. The summed E-state index contributed by atoms with van der Waals surface area (Å²) in [4.78, 5) is 0. The molecule has 0 amide bonds. The highest BCUT2D eigenvalue weighted by molar-refractivity contribution is 5.31. The molecule has 0 aliphatic heterocycles. The van der Waals surface area contributed by atoms with Crippen LogP contribution in [-0.2, 0) is 16.8 Å². The maximum Gasteiger partial charge on any atom is 0.248 e. The summed E-state index contributed by atoms with van der Waals surface area (Å²) in [6.45, 7) is 0.949. The van der Waals surface area contributed by atoms with Crippen molar-refractivity contribution in [2.45, 2.75) is 43.6 Å². The van der Waals surface area contributed by atoms with Gasteiger partial charge in [0, 0.05) is 31.9 Å². The van der Waals surface area contributed by atoms with Gasteiger partial charge in [-0.15, -0.1) is 0 Å². The molecule has 0 radical (unpaired) electrons. The van der Waals surface area contributed by atoms with E-state index in [9.17, 15) is 8.78 Å². The number of halogens is 2. The third-order valence-corrected chi connectivity index (χ3v) is 4.18. The molecule has 0 heterocycles. The number of ether oxygens (including phenoxy) is 1. The molecule has 0 atom stereocenters. The summed E-state index contributed by atoms with van der Waals surface area (Å²) in [5.41, 5.74) is 7.74. The second kappa shape index (κ2) is 5.55. The molecule has 2 nitrogen and oxygen atoms in total. The quantitative estimate of drug-likeness (QED) is 0.910. The van der Waals surface area contributed by atoms with Crippen LogP contribution in [0.1, 0.15) is 36.8 Å². The second-order valence-electron chi connectivity index (χ2n) is 5.47. The van der Waals surface area contributed by atoms with Gasteiger partial charge in [-0.25, -0.2) is 8.78 Å². The van der Waals surface area contributed by atoms with Crippen molar-refractivity contribution in [1.82, 2.24) is 0 Å². The van der Waals surface area contributed by atoms with Crippen LogP contribution in [0.25, 0.3) is 0 Å². The van der Waals surface area contributed by atoms with E-state index < -0.39 is 5.92 Å². The Morgan fingerprint density at radius 1 is 1.21 bits per heavy atom. The Morgan fingerprint density at radius 3 is 2.47 bits per heavy atom. The van der Waals surface area contributed by atoms with Gasteiger partial charge in [0.25, 0.3) is 0 Å². The lowest BCUT2D eigenvalue weighted by Gasteiger charge is -2.40. The summed E-state index contributed by atoms with van der Waals surface area (Å²) < 4.78 is 31.8. The molecule has 19 heavy (non-hydrogen) atoms. The first kappa shape index (κ1) is 14.4. The molecule has 2 N–H and O–H groups in total. The average Bonchev–Trinajstić information content (AvgIpc) is 2.40. The molecule has 1 aromatic carbocycles. The van der Waals surface area contributed by atoms with Gasteiger partial charge in [-0.1, -0.05) is 24.3 Å². The zero-order chi connectivity index (χ0) is 13.9. The van der Waals surface area contributed by atoms with E-state index in [1.165, 1.54) is 0 Å². The van der Waals surface area contributed by atoms with Gasteiger partial charge >= 0.3 is 0 Å². The van der Waals surface area contributed by atoms with E-state index in [1.807, 2.05) is 24.3 Å². The lowest BCUT2D eigenvalue weighted by Crippen LogP contribution is -2.42. The normalized spacial score (nSPS) is 21.3.